The van der Waals surface area contributed by atoms with Crippen LogP contribution in [0.1, 0.15) is 22.3 Å². The summed E-state index contributed by atoms with van der Waals surface area (Å²) in [5.74, 6) is 0.601. The standard InChI is InChI=1S/C20H20ClNO3/c1-10-7-16-18(12(3)11(10)2)19(15(9-23)20(24)22-16)14-8-13(21)5-6-17(14)25-4/h5-8,23H,9H2,1-4H3,(H,22,24). The molecule has 25 heavy (non-hydrogen) atoms. The molecule has 1 heterocycles. The Morgan fingerprint density at radius 3 is 2.52 bits per heavy atom. The van der Waals surface area contributed by atoms with Crippen LogP contribution in [0.25, 0.3) is 22.0 Å². The van der Waals surface area contributed by atoms with E-state index in [9.17, 15) is 9.90 Å². The molecule has 4 nitrogen and oxygen atoms in total. The van der Waals surface area contributed by atoms with E-state index >= 15 is 0 Å². The van der Waals surface area contributed by atoms with E-state index in [4.69, 9.17) is 16.3 Å². The third-order valence-electron chi connectivity index (χ3n) is 4.82. The third-order valence-corrected chi connectivity index (χ3v) is 5.06. The van der Waals surface area contributed by atoms with E-state index < -0.39 is 0 Å². The Kier molecular flexibility index (Phi) is 4.58. The first-order valence-corrected chi connectivity index (χ1v) is 8.37. The summed E-state index contributed by atoms with van der Waals surface area (Å²) in [7, 11) is 1.57. The third kappa shape index (κ3) is 2.81. The Balaban J connectivity index is 2.59. The predicted molar refractivity (Wildman–Crippen MR) is 102 cm³/mol. The van der Waals surface area contributed by atoms with Crippen molar-refractivity contribution >= 4 is 22.5 Å². The van der Waals surface area contributed by atoms with Gasteiger partial charge in [-0.3, -0.25) is 4.79 Å². The minimum absolute atomic E-state index is 0.305. The number of fused-ring (bicyclic) bond motifs is 1. The highest BCUT2D eigenvalue weighted by Gasteiger charge is 2.20. The van der Waals surface area contributed by atoms with Crippen molar-refractivity contribution in [1.82, 2.24) is 4.98 Å². The van der Waals surface area contributed by atoms with E-state index in [0.29, 0.717) is 27.5 Å². The Morgan fingerprint density at radius 2 is 1.88 bits per heavy atom. The zero-order chi connectivity index (χ0) is 18.3. The average Bonchev–Trinajstić information content (AvgIpc) is 2.58. The summed E-state index contributed by atoms with van der Waals surface area (Å²) in [6.45, 7) is 5.71. The lowest BCUT2D eigenvalue weighted by Crippen LogP contribution is -2.15. The van der Waals surface area contributed by atoms with Crippen LogP contribution in [0, 0.1) is 20.8 Å². The lowest BCUT2D eigenvalue weighted by atomic mass is 9.90. The first-order chi connectivity index (χ1) is 11.9. The molecule has 0 saturated heterocycles. The van der Waals surface area contributed by atoms with E-state index in [-0.39, 0.29) is 12.2 Å². The lowest BCUT2D eigenvalue weighted by Gasteiger charge is -2.18. The van der Waals surface area contributed by atoms with Crippen molar-refractivity contribution in [3.8, 4) is 16.9 Å². The largest absolute Gasteiger partial charge is 0.496 e. The fourth-order valence-corrected chi connectivity index (χ4v) is 3.46. The number of hydrogen-bond acceptors (Lipinski definition) is 3. The quantitative estimate of drug-likeness (QED) is 0.735. The molecule has 2 N–H and O–H groups in total. The maximum atomic E-state index is 12.6. The number of aliphatic hydroxyl groups excluding tert-OH is 1. The number of aromatic amines is 1. The molecule has 1 aromatic heterocycles. The zero-order valence-corrected chi connectivity index (χ0v) is 15.4. The van der Waals surface area contributed by atoms with Crippen LogP contribution in [0.2, 0.25) is 5.02 Å². The number of ether oxygens (including phenoxy) is 1. The SMILES string of the molecule is COc1ccc(Cl)cc1-c1c(CO)c(=O)[nH]c2cc(C)c(C)c(C)c12. The Morgan fingerprint density at radius 1 is 1.16 bits per heavy atom. The van der Waals surface area contributed by atoms with Crippen LogP contribution < -0.4 is 10.3 Å². The Labute approximate surface area is 151 Å². The molecule has 3 rings (SSSR count). The van der Waals surface area contributed by atoms with Gasteiger partial charge in [0.15, 0.2) is 0 Å². The molecule has 5 heteroatoms. The molecule has 0 spiro atoms. The van der Waals surface area contributed by atoms with Gasteiger partial charge in [-0.2, -0.15) is 0 Å². The van der Waals surface area contributed by atoms with Gasteiger partial charge >= 0.3 is 0 Å². The number of H-pyrrole nitrogens is 1. The number of benzene rings is 2. The number of rotatable bonds is 3. The summed E-state index contributed by atoms with van der Waals surface area (Å²) in [6.07, 6.45) is 0. The van der Waals surface area contributed by atoms with Gasteiger partial charge in [-0.25, -0.2) is 0 Å². The monoisotopic (exact) mass is 357 g/mol. The molecule has 3 aromatic rings. The molecular formula is C20H20ClNO3. The first-order valence-electron chi connectivity index (χ1n) is 7.99. The fraction of sp³-hybridized carbons (Fsp3) is 0.250. The molecule has 0 amide bonds. The molecule has 0 aliphatic rings. The van der Waals surface area contributed by atoms with Gasteiger partial charge in [-0.15, -0.1) is 0 Å². The maximum absolute atomic E-state index is 12.6. The molecule has 0 aliphatic carbocycles. The summed E-state index contributed by atoms with van der Waals surface area (Å²) in [6, 6.07) is 7.23. The molecule has 0 unspecified atom stereocenters. The first kappa shape index (κ1) is 17.5. The van der Waals surface area contributed by atoms with Crippen molar-refractivity contribution in [3.63, 3.8) is 0 Å². The van der Waals surface area contributed by atoms with Gasteiger partial charge in [0.25, 0.3) is 5.56 Å². The number of nitrogens with one attached hydrogen (secondary N) is 1. The van der Waals surface area contributed by atoms with Crippen LogP contribution in [0.5, 0.6) is 5.75 Å². The van der Waals surface area contributed by atoms with Crippen LogP contribution in [-0.4, -0.2) is 17.2 Å². The minimum Gasteiger partial charge on any atom is -0.496 e. The summed E-state index contributed by atoms with van der Waals surface area (Å²) < 4.78 is 5.48. The van der Waals surface area contributed by atoms with E-state index in [0.717, 1.165) is 27.6 Å². The van der Waals surface area contributed by atoms with E-state index in [2.05, 4.69) is 4.98 Å². The molecule has 0 bridgehead atoms. The number of hydrogen-bond donors (Lipinski definition) is 2. The second-order valence-corrected chi connectivity index (χ2v) is 6.61. The van der Waals surface area contributed by atoms with Crippen LogP contribution in [0.4, 0.5) is 0 Å². The smallest absolute Gasteiger partial charge is 0.254 e. The van der Waals surface area contributed by atoms with Crippen molar-refractivity contribution in [1.29, 1.82) is 0 Å². The summed E-state index contributed by atoms with van der Waals surface area (Å²) in [5, 5.41) is 11.3. The number of aromatic nitrogens is 1. The average molecular weight is 358 g/mol. The van der Waals surface area contributed by atoms with Gasteiger partial charge < -0.3 is 14.8 Å². The second kappa shape index (κ2) is 6.54. The Hall–Kier alpha value is -2.30. The maximum Gasteiger partial charge on any atom is 0.254 e. The van der Waals surface area contributed by atoms with Crippen molar-refractivity contribution in [2.45, 2.75) is 27.4 Å². The highest BCUT2D eigenvalue weighted by Crippen LogP contribution is 2.39. The lowest BCUT2D eigenvalue weighted by molar-refractivity contribution is 0.281. The van der Waals surface area contributed by atoms with Gasteiger partial charge in [-0.05, 0) is 61.7 Å². The van der Waals surface area contributed by atoms with Crippen molar-refractivity contribution < 1.29 is 9.84 Å². The van der Waals surface area contributed by atoms with E-state index in [1.807, 2.05) is 26.8 Å². The number of halogens is 1. The minimum atomic E-state index is -0.372. The van der Waals surface area contributed by atoms with Crippen LogP contribution >= 0.6 is 11.6 Å². The van der Waals surface area contributed by atoms with E-state index in [1.165, 1.54) is 0 Å². The molecule has 0 radical (unpaired) electrons. The number of aliphatic hydroxyl groups is 1. The van der Waals surface area contributed by atoms with Gasteiger partial charge in [-0.1, -0.05) is 11.6 Å². The van der Waals surface area contributed by atoms with Gasteiger partial charge in [0.05, 0.1) is 19.3 Å². The summed E-state index contributed by atoms with van der Waals surface area (Å²) in [5.41, 5.74) is 5.39. The van der Waals surface area contributed by atoms with Gasteiger partial charge in [0, 0.05) is 27.1 Å². The number of aryl methyl sites for hydroxylation is 2. The second-order valence-electron chi connectivity index (χ2n) is 6.18. The van der Waals surface area contributed by atoms with Crippen LogP contribution in [0.3, 0.4) is 0 Å². The van der Waals surface area contributed by atoms with Crippen molar-refractivity contribution in [2.24, 2.45) is 0 Å². The molecule has 2 aromatic carbocycles. The highest BCUT2D eigenvalue weighted by atomic mass is 35.5. The molecular weight excluding hydrogens is 338 g/mol. The zero-order valence-electron chi connectivity index (χ0n) is 14.7. The molecule has 0 aliphatic heterocycles. The topological polar surface area (TPSA) is 62.3 Å². The molecule has 130 valence electrons. The van der Waals surface area contributed by atoms with Crippen LogP contribution in [-0.2, 0) is 6.61 Å². The predicted octanol–water partition coefficient (Wildman–Crippen LogP) is 4.27. The van der Waals surface area contributed by atoms with Crippen molar-refractivity contribution in [3.05, 3.63) is 61.9 Å². The molecule has 0 fully saturated rings. The number of pyridine rings is 1. The fourth-order valence-electron chi connectivity index (χ4n) is 3.29. The number of methoxy groups -OCH3 is 1. The van der Waals surface area contributed by atoms with Gasteiger partial charge in [0.1, 0.15) is 5.75 Å². The molecule has 0 saturated carbocycles. The van der Waals surface area contributed by atoms with Crippen molar-refractivity contribution in [2.75, 3.05) is 7.11 Å². The summed E-state index contributed by atoms with van der Waals surface area (Å²) in [4.78, 5) is 15.5. The normalized spacial score (nSPS) is 11.1. The highest BCUT2D eigenvalue weighted by molar-refractivity contribution is 6.31. The van der Waals surface area contributed by atoms with Gasteiger partial charge in [0.2, 0.25) is 0 Å². The Bertz CT molecular complexity index is 1040. The van der Waals surface area contributed by atoms with E-state index in [1.54, 1.807) is 25.3 Å². The summed E-state index contributed by atoms with van der Waals surface area (Å²) >= 11 is 6.20. The molecule has 0 atom stereocenters. The van der Waals surface area contributed by atoms with Crippen LogP contribution in [0.15, 0.2) is 29.1 Å².